The molecule has 0 fully saturated rings. The summed E-state index contributed by atoms with van der Waals surface area (Å²) in [5.41, 5.74) is 0. The number of aliphatic hydroxyl groups is 2. The van der Waals surface area contributed by atoms with E-state index in [9.17, 15) is 19.8 Å². The minimum absolute atomic E-state index is 0.0680. The number of ether oxygens (including phenoxy) is 1. The SMILES string of the molecule is CCCCCCCCC/C=C/CCCCCC(CC(=O)NC(CO)C(O)CCCCCCCCCCCCCC)OC(=O)CCCCCCC/C=C/CCCCCCCCCCC. The first-order valence-corrected chi connectivity index (χ1v) is 28.1. The van der Waals surface area contributed by atoms with Gasteiger partial charge in [0.25, 0.3) is 0 Å². The van der Waals surface area contributed by atoms with Gasteiger partial charge < -0.3 is 20.3 Å². The molecule has 0 aliphatic heterocycles. The molecule has 0 saturated carbocycles. The van der Waals surface area contributed by atoms with Crippen molar-refractivity contribution in [1.29, 1.82) is 0 Å². The molecule has 0 rings (SSSR count). The summed E-state index contributed by atoms with van der Waals surface area (Å²) in [5, 5.41) is 23.8. The van der Waals surface area contributed by atoms with E-state index in [2.05, 4.69) is 50.4 Å². The number of carbonyl (C=O) groups excluding carboxylic acids is 2. The molecule has 0 aromatic carbocycles. The van der Waals surface area contributed by atoms with Crippen molar-refractivity contribution in [2.24, 2.45) is 0 Å². The van der Waals surface area contributed by atoms with E-state index in [1.54, 1.807) is 0 Å². The van der Waals surface area contributed by atoms with E-state index in [0.717, 1.165) is 64.2 Å². The molecule has 3 unspecified atom stereocenters. The van der Waals surface area contributed by atoms with Crippen LogP contribution in [0.5, 0.6) is 0 Å². The Balaban J connectivity index is 4.55. The highest BCUT2D eigenvalue weighted by atomic mass is 16.5. The van der Waals surface area contributed by atoms with Crippen LogP contribution in [0.2, 0.25) is 0 Å². The van der Waals surface area contributed by atoms with Crippen LogP contribution >= 0.6 is 0 Å². The molecular weight excluding hydrogens is 779 g/mol. The molecule has 3 atom stereocenters. The monoisotopic (exact) mass is 888 g/mol. The van der Waals surface area contributed by atoms with E-state index in [1.165, 1.54) is 193 Å². The number of carbonyl (C=O) groups is 2. The van der Waals surface area contributed by atoms with Crippen molar-refractivity contribution in [3.05, 3.63) is 24.3 Å². The molecule has 0 aliphatic rings. The smallest absolute Gasteiger partial charge is 0.306 e. The van der Waals surface area contributed by atoms with E-state index in [0.29, 0.717) is 19.3 Å². The highest BCUT2D eigenvalue weighted by Gasteiger charge is 2.24. The highest BCUT2D eigenvalue weighted by molar-refractivity contribution is 5.77. The summed E-state index contributed by atoms with van der Waals surface area (Å²) in [7, 11) is 0. The van der Waals surface area contributed by atoms with Gasteiger partial charge in [-0.05, 0) is 77.0 Å². The third-order valence-corrected chi connectivity index (χ3v) is 13.0. The Morgan fingerprint density at radius 2 is 0.762 bits per heavy atom. The topological polar surface area (TPSA) is 95.9 Å². The minimum atomic E-state index is -0.789. The Hall–Kier alpha value is -1.66. The Morgan fingerprint density at radius 1 is 0.444 bits per heavy atom. The quantitative estimate of drug-likeness (QED) is 0.0321. The molecule has 63 heavy (non-hydrogen) atoms. The summed E-state index contributed by atoms with van der Waals surface area (Å²) in [6, 6.07) is -0.704. The van der Waals surface area contributed by atoms with Gasteiger partial charge in [0.05, 0.1) is 25.2 Å². The van der Waals surface area contributed by atoms with Gasteiger partial charge in [-0.15, -0.1) is 0 Å². The van der Waals surface area contributed by atoms with Crippen LogP contribution in [0.15, 0.2) is 24.3 Å². The standard InChI is InChI=1S/C57H109NO5/c1-4-7-10-13-16-19-22-25-27-28-29-30-32-35-38-41-44-47-50-57(62)63-53(48-45-42-39-36-33-31-26-23-20-17-14-11-8-5-2)51-56(61)58-54(52-59)55(60)49-46-43-40-37-34-24-21-18-15-12-9-6-3/h29-31,33,53-55,59-60H,4-28,32,34-52H2,1-3H3,(H,58,61)/b30-29+,33-31+. The zero-order valence-electron chi connectivity index (χ0n) is 42.5. The number of rotatable bonds is 51. The average Bonchev–Trinajstić information content (AvgIpc) is 3.28. The number of amides is 1. The van der Waals surface area contributed by atoms with Crippen molar-refractivity contribution in [2.75, 3.05) is 6.61 Å². The van der Waals surface area contributed by atoms with Crippen molar-refractivity contribution in [2.45, 2.75) is 322 Å². The van der Waals surface area contributed by atoms with E-state index < -0.39 is 18.2 Å². The number of unbranched alkanes of at least 4 members (excludes halogenated alkanes) is 35. The van der Waals surface area contributed by atoms with Crippen molar-refractivity contribution in [3.63, 3.8) is 0 Å². The van der Waals surface area contributed by atoms with Crippen LogP contribution in [0.25, 0.3) is 0 Å². The van der Waals surface area contributed by atoms with Crippen LogP contribution in [0.3, 0.4) is 0 Å². The molecule has 0 aliphatic carbocycles. The van der Waals surface area contributed by atoms with Gasteiger partial charge in [-0.2, -0.15) is 0 Å². The van der Waals surface area contributed by atoms with Gasteiger partial charge in [0.1, 0.15) is 6.10 Å². The van der Waals surface area contributed by atoms with Gasteiger partial charge in [0.15, 0.2) is 0 Å². The Morgan fingerprint density at radius 3 is 1.14 bits per heavy atom. The van der Waals surface area contributed by atoms with Crippen LogP contribution in [0, 0.1) is 0 Å². The molecule has 0 bridgehead atoms. The first-order valence-electron chi connectivity index (χ1n) is 28.1. The number of allylic oxidation sites excluding steroid dienone is 4. The lowest BCUT2D eigenvalue weighted by Crippen LogP contribution is -2.46. The van der Waals surface area contributed by atoms with E-state index >= 15 is 0 Å². The van der Waals surface area contributed by atoms with Crippen LogP contribution in [-0.4, -0.2) is 46.9 Å². The normalized spacial score (nSPS) is 13.3. The number of hydrogen-bond acceptors (Lipinski definition) is 5. The third kappa shape index (κ3) is 46.7. The van der Waals surface area contributed by atoms with Crippen LogP contribution in [0.1, 0.15) is 303 Å². The van der Waals surface area contributed by atoms with Crippen LogP contribution in [-0.2, 0) is 14.3 Å². The predicted octanol–water partition coefficient (Wildman–Crippen LogP) is 17.1. The summed E-state index contributed by atoms with van der Waals surface area (Å²) < 4.78 is 5.94. The second-order valence-corrected chi connectivity index (χ2v) is 19.3. The zero-order chi connectivity index (χ0) is 45.9. The molecule has 0 radical (unpaired) electrons. The summed E-state index contributed by atoms with van der Waals surface area (Å²) in [6.45, 7) is 6.50. The average molecular weight is 889 g/mol. The molecule has 0 saturated heterocycles. The molecule has 0 aromatic heterocycles. The van der Waals surface area contributed by atoms with E-state index in [-0.39, 0.29) is 24.9 Å². The molecule has 6 heteroatoms. The van der Waals surface area contributed by atoms with Gasteiger partial charge in [-0.3, -0.25) is 9.59 Å². The number of esters is 1. The summed E-state index contributed by atoms with van der Waals surface area (Å²) in [4.78, 5) is 26.2. The number of hydrogen-bond donors (Lipinski definition) is 3. The molecule has 0 aromatic rings. The lowest BCUT2D eigenvalue weighted by atomic mass is 10.0. The first-order chi connectivity index (χ1) is 31.0. The number of aliphatic hydroxyl groups excluding tert-OH is 2. The Bertz CT molecular complexity index is 997. The fourth-order valence-electron chi connectivity index (χ4n) is 8.72. The highest BCUT2D eigenvalue weighted by Crippen LogP contribution is 2.18. The Kier molecular flexibility index (Phi) is 50.0. The Labute approximate surface area is 392 Å². The molecule has 6 nitrogen and oxygen atoms in total. The lowest BCUT2D eigenvalue weighted by molar-refractivity contribution is -0.151. The summed E-state index contributed by atoms with van der Waals surface area (Å²) in [5.74, 6) is -0.484. The molecule has 1 amide bonds. The fraction of sp³-hybridized carbons (Fsp3) is 0.895. The molecule has 0 spiro atoms. The van der Waals surface area contributed by atoms with Crippen molar-refractivity contribution in [1.82, 2.24) is 5.32 Å². The second-order valence-electron chi connectivity index (χ2n) is 19.3. The second kappa shape index (κ2) is 51.3. The van der Waals surface area contributed by atoms with Gasteiger partial charge in [-0.1, -0.05) is 238 Å². The maximum absolute atomic E-state index is 13.2. The van der Waals surface area contributed by atoms with Crippen molar-refractivity contribution >= 4 is 11.9 Å². The molecule has 0 heterocycles. The van der Waals surface area contributed by atoms with E-state index in [1.807, 2.05) is 0 Å². The maximum atomic E-state index is 13.2. The van der Waals surface area contributed by atoms with Crippen molar-refractivity contribution < 1.29 is 24.5 Å². The maximum Gasteiger partial charge on any atom is 0.306 e. The van der Waals surface area contributed by atoms with Gasteiger partial charge >= 0.3 is 5.97 Å². The van der Waals surface area contributed by atoms with Crippen LogP contribution < -0.4 is 5.32 Å². The van der Waals surface area contributed by atoms with Gasteiger partial charge in [0.2, 0.25) is 5.91 Å². The largest absolute Gasteiger partial charge is 0.462 e. The predicted molar refractivity (Wildman–Crippen MR) is 273 cm³/mol. The minimum Gasteiger partial charge on any atom is -0.462 e. The number of nitrogens with one attached hydrogen (secondary N) is 1. The van der Waals surface area contributed by atoms with Gasteiger partial charge in [-0.25, -0.2) is 0 Å². The van der Waals surface area contributed by atoms with E-state index in [4.69, 9.17) is 4.74 Å². The molecular formula is C57H109NO5. The lowest BCUT2D eigenvalue weighted by Gasteiger charge is -2.24. The third-order valence-electron chi connectivity index (χ3n) is 13.0. The molecule has 3 N–H and O–H groups in total. The van der Waals surface area contributed by atoms with Crippen LogP contribution in [0.4, 0.5) is 0 Å². The van der Waals surface area contributed by atoms with Gasteiger partial charge in [0, 0.05) is 6.42 Å². The zero-order valence-corrected chi connectivity index (χ0v) is 42.5. The first kappa shape index (κ1) is 61.3. The summed E-state index contributed by atoms with van der Waals surface area (Å²) >= 11 is 0. The summed E-state index contributed by atoms with van der Waals surface area (Å²) in [6.07, 6.45) is 59.6. The fourth-order valence-corrected chi connectivity index (χ4v) is 8.72. The molecule has 372 valence electrons. The van der Waals surface area contributed by atoms with Crippen molar-refractivity contribution in [3.8, 4) is 0 Å².